The maximum absolute atomic E-state index is 13.9. The zero-order chi connectivity index (χ0) is 26.5. The molecule has 1 heterocycles. The smallest absolute Gasteiger partial charge is 0.264 e. The molecule has 196 valence electrons. The van der Waals surface area contributed by atoms with Crippen LogP contribution in [0.2, 0.25) is 0 Å². The third-order valence-electron chi connectivity index (χ3n) is 6.88. The number of likely N-dealkylation sites (tertiary alicyclic amines) is 1. The van der Waals surface area contributed by atoms with Gasteiger partial charge in [-0.2, -0.15) is 0 Å². The zero-order valence-corrected chi connectivity index (χ0v) is 22.1. The molecule has 0 atom stereocenters. The standard InChI is InChI=1S/C31H31FN2O3S/c1-24-8-5-6-13-31(24)38(35,36)34(27-16-14-26(32)15-17-27)28-18-20-33(21-19-28)23-25-9-7-12-30(22-25)37-29-10-3-2-4-11-29/h2-17,22,28H,18-21,23H2,1H3. The zero-order valence-electron chi connectivity index (χ0n) is 21.3. The highest BCUT2D eigenvalue weighted by molar-refractivity contribution is 7.93. The van der Waals surface area contributed by atoms with Gasteiger partial charge in [0, 0.05) is 25.7 Å². The van der Waals surface area contributed by atoms with Gasteiger partial charge in [-0.3, -0.25) is 9.21 Å². The molecule has 4 aromatic carbocycles. The highest BCUT2D eigenvalue weighted by Crippen LogP contribution is 2.32. The van der Waals surface area contributed by atoms with Crippen LogP contribution in [0.4, 0.5) is 10.1 Å². The van der Waals surface area contributed by atoms with Gasteiger partial charge in [0.1, 0.15) is 17.3 Å². The molecule has 1 saturated heterocycles. The van der Waals surface area contributed by atoms with Gasteiger partial charge in [-0.05, 0) is 85.5 Å². The number of aryl methyl sites for hydroxylation is 1. The Morgan fingerprint density at radius 1 is 0.842 bits per heavy atom. The van der Waals surface area contributed by atoms with Crippen LogP contribution in [0.25, 0.3) is 0 Å². The highest BCUT2D eigenvalue weighted by atomic mass is 32.2. The van der Waals surface area contributed by atoms with Crippen molar-refractivity contribution in [2.45, 2.75) is 37.2 Å². The van der Waals surface area contributed by atoms with Gasteiger partial charge in [0.15, 0.2) is 0 Å². The molecule has 38 heavy (non-hydrogen) atoms. The fraction of sp³-hybridized carbons (Fsp3) is 0.226. The number of halogens is 1. The first-order chi connectivity index (χ1) is 18.4. The minimum Gasteiger partial charge on any atom is -0.457 e. The third-order valence-corrected chi connectivity index (χ3v) is 8.92. The molecule has 0 amide bonds. The Hall–Kier alpha value is -3.68. The lowest BCUT2D eigenvalue weighted by Crippen LogP contribution is -2.47. The maximum atomic E-state index is 13.9. The molecular weight excluding hydrogens is 499 g/mol. The van der Waals surface area contributed by atoms with Crippen LogP contribution in [0.3, 0.4) is 0 Å². The summed E-state index contributed by atoms with van der Waals surface area (Å²) in [5.41, 5.74) is 2.31. The summed E-state index contributed by atoms with van der Waals surface area (Å²) in [6, 6.07) is 30.3. The number of rotatable bonds is 8. The number of para-hydroxylation sites is 1. The van der Waals surface area contributed by atoms with E-state index in [4.69, 9.17) is 4.74 Å². The third kappa shape index (κ3) is 5.90. The summed E-state index contributed by atoms with van der Waals surface area (Å²) in [7, 11) is -3.83. The van der Waals surface area contributed by atoms with Crippen LogP contribution in [0.15, 0.2) is 108 Å². The first kappa shape index (κ1) is 25.9. The Balaban J connectivity index is 1.31. The van der Waals surface area contributed by atoms with Crippen molar-refractivity contribution in [3.8, 4) is 11.5 Å². The summed E-state index contributed by atoms with van der Waals surface area (Å²) >= 11 is 0. The molecule has 0 bridgehead atoms. The molecule has 0 radical (unpaired) electrons. The van der Waals surface area contributed by atoms with Gasteiger partial charge in [0.05, 0.1) is 10.6 Å². The van der Waals surface area contributed by atoms with Crippen molar-refractivity contribution in [3.63, 3.8) is 0 Å². The lowest BCUT2D eigenvalue weighted by Gasteiger charge is -2.39. The molecule has 1 aliphatic heterocycles. The second kappa shape index (κ2) is 11.4. The van der Waals surface area contributed by atoms with E-state index in [1.807, 2.05) is 54.6 Å². The monoisotopic (exact) mass is 530 g/mol. The van der Waals surface area contributed by atoms with Crippen molar-refractivity contribution in [2.24, 2.45) is 0 Å². The number of sulfonamides is 1. The van der Waals surface area contributed by atoms with E-state index in [0.717, 1.165) is 36.7 Å². The lowest BCUT2D eigenvalue weighted by molar-refractivity contribution is 0.206. The topological polar surface area (TPSA) is 49.9 Å². The molecule has 0 unspecified atom stereocenters. The Kier molecular flexibility index (Phi) is 7.77. The van der Waals surface area contributed by atoms with E-state index in [0.29, 0.717) is 24.1 Å². The van der Waals surface area contributed by atoms with Gasteiger partial charge < -0.3 is 4.74 Å². The SMILES string of the molecule is Cc1ccccc1S(=O)(=O)N(c1ccc(F)cc1)C1CCN(Cc2cccc(Oc3ccccc3)c2)CC1. The number of piperidine rings is 1. The van der Waals surface area contributed by atoms with Crippen molar-refractivity contribution >= 4 is 15.7 Å². The summed E-state index contributed by atoms with van der Waals surface area (Å²) in [6.07, 6.45) is 1.34. The quantitative estimate of drug-likeness (QED) is 0.252. The van der Waals surface area contributed by atoms with Gasteiger partial charge in [0.25, 0.3) is 10.0 Å². The first-order valence-corrected chi connectivity index (χ1v) is 14.2. The molecule has 0 N–H and O–H groups in total. The minimum atomic E-state index is -3.83. The lowest BCUT2D eigenvalue weighted by atomic mass is 10.0. The Bertz CT molecular complexity index is 1470. The van der Waals surface area contributed by atoms with Gasteiger partial charge >= 0.3 is 0 Å². The van der Waals surface area contributed by atoms with Crippen LogP contribution in [-0.4, -0.2) is 32.4 Å². The number of ether oxygens (including phenoxy) is 1. The second-order valence-electron chi connectivity index (χ2n) is 9.61. The summed E-state index contributed by atoms with van der Waals surface area (Å²) < 4.78 is 49.0. The molecule has 5 rings (SSSR count). The molecule has 7 heteroatoms. The predicted molar refractivity (Wildman–Crippen MR) is 149 cm³/mol. The van der Waals surface area contributed by atoms with E-state index < -0.39 is 15.8 Å². The molecule has 0 aliphatic carbocycles. The first-order valence-electron chi connectivity index (χ1n) is 12.8. The van der Waals surface area contributed by atoms with Gasteiger partial charge in [0.2, 0.25) is 0 Å². The van der Waals surface area contributed by atoms with Crippen LogP contribution in [-0.2, 0) is 16.6 Å². The average Bonchev–Trinajstić information content (AvgIpc) is 2.92. The van der Waals surface area contributed by atoms with Gasteiger partial charge in [-0.15, -0.1) is 0 Å². The maximum Gasteiger partial charge on any atom is 0.264 e. The van der Waals surface area contributed by atoms with E-state index in [9.17, 15) is 12.8 Å². The van der Waals surface area contributed by atoms with E-state index in [1.165, 1.54) is 16.4 Å². The van der Waals surface area contributed by atoms with E-state index in [1.54, 1.807) is 37.3 Å². The number of anilines is 1. The van der Waals surface area contributed by atoms with Crippen molar-refractivity contribution < 1.29 is 17.5 Å². The molecule has 5 nitrogen and oxygen atoms in total. The summed E-state index contributed by atoms with van der Waals surface area (Å²) in [5, 5.41) is 0. The number of benzene rings is 4. The normalized spacial score (nSPS) is 14.8. The van der Waals surface area contributed by atoms with E-state index >= 15 is 0 Å². The largest absolute Gasteiger partial charge is 0.457 e. The van der Waals surface area contributed by atoms with E-state index in [-0.39, 0.29) is 10.9 Å². The number of nitrogens with zero attached hydrogens (tertiary/aromatic N) is 2. The summed E-state index contributed by atoms with van der Waals surface area (Å²) in [6.45, 7) is 4.04. The van der Waals surface area contributed by atoms with Crippen molar-refractivity contribution in [1.29, 1.82) is 0 Å². The molecule has 0 saturated carbocycles. The average molecular weight is 531 g/mol. The molecule has 1 fully saturated rings. The van der Waals surface area contributed by atoms with Crippen molar-refractivity contribution in [1.82, 2.24) is 4.90 Å². The van der Waals surface area contributed by atoms with Crippen molar-refractivity contribution in [3.05, 3.63) is 120 Å². The highest BCUT2D eigenvalue weighted by Gasteiger charge is 2.34. The Morgan fingerprint density at radius 3 is 2.21 bits per heavy atom. The number of hydrogen-bond donors (Lipinski definition) is 0. The predicted octanol–water partition coefficient (Wildman–Crippen LogP) is 6.79. The molecule has 1 aliphatic rings. The summed E-state index contributed by atoms with van der Waals surface area (Å²) in [4.78, 5) is 2.61. The van der Waals surface area contributed by atoms with Crippen LogP contribution < -0.4 is 9.04 Å². The van der Waals surface area contributed by atoms with E-state index in [2.05, 4.69) is 11.0 Å². The second-order valence-corrected chi connectivity index (χ2v) is 11.4. The Labute approximate surface area is 224 Å². The van der Waals surface area contributed by atoms with Crippen LogP contribution in [0.5, 0.6) is 11.5 Å². The minimum absolute atomic E-state index is 0.228. The van der Waals surface area contributed by atoms with Crippen LogP contribution >= 0.6 is 0 Å². The fourth-order valence-corrected chi connectivity index (χ4v) is 6.93. The fourth-order valence-electron chi connectivity index (χ4n) is 4.99. The Morgan fingerprint density at radius 2 is 1.50 bits per heavy atom. The van der Waals surface area contributed by atoms with Crippen LogP contribution in [0.1, 0.15) is 24.0 Å². The van der Waals surface area contributed by atoms with Crippen LogP contribution in [0, 0.1) is 12.7 Å². The van der Waals surface area contributed by atoms with Crippen molar-refractivity contribution in [2.75, 3.05) is 17.4 Å². The summed E-state index contributed by atoms with van der Waals surface area (Å²) in [5.74, 6) is 1.19. The molecule has 4 aromatic rings. The number of hydrogen-bond acceptors (Lipinski definition) is 4. The molecular formula is C31H31FN2O3S. The van der Waals surface area contributed by atoms with Gasteiger partial charge in [-0.25, -0.2) is 12.8 Å². The van der Waals surface area contributed by atoms with Gasteiger partial charge in [-0.1, -0.05) is 48.5 Å². The molecule has 0 aromatic heterocycles. The molecule has 0 spiro atoms.